The molecule has 3 aromatic rings. The first kappa shape index (κ1) is 21.6. The number of hydrogen-bond acceptors (Lipinski definition) is 6. The van der Waals surface area contributed by atoms with E-state index in [0.717, 1.165) is 22.2 Å². The maximum absolute atomic E-state index is 13.5. The first-order chi connectivity index (χ1) is 16.4. The van der Waals surface area contributed by atoms with Gasteiger partial charge in [0.25, 0.3) is 22.7 Å². The van der Waals surface area contributed by atoms with Gasteiger partial charge in [-0.05, 0) is 29.0 Å². The Morgan fingerprint density at radius 1 is 0.735 bits per heavy atom. The Balaban J connectivity index is 1.49. The number of imide groups is 1. The van der Waals surface area contributed by atoms with Crippen molar-refractivity contribution in [2.24, 2.45) is 0 Å². The van der Waals surface area contributed by atoms with Gasteiger partial charge in [-0.25, -0.2) is 0 Å². The van der Waals surface area contributed by atoms with Gasteiger partial charge in [-0.15, -0.1) is 0 Å². The van der Waals surface area contributed by atoms with Gasteiger partial charge in [-0.3, -0.25) is 29.4 Å². The third kappa shape index (κ3) is 3.75. The van der Waals surface area contributed by atoms with Crippen LogP contribution in [0.2, 0.25) is 0 Å². The lowest BCUT2D eigenvalue weighted by Gasteiger charge is -2.17. The van der Waals surface area contributed by atoms with Gasteiger partial charge in [-0.1, -0.05) is 60.7 Å². The molecule has 168 valence electrons. The zero-order valence-electron chi connectivity index (χ0n) is 17.7. The molecule has 1 fully saturated rings. The van der Waals surface area contributed by atoms with Crippen LogP contribution in [-0.2, 0) is 22.7 Å². The van der Waals surface area contributed by atoms with Gasteiger partial charge in [0.05, 0.1) is 34.2 Å². The number of nitro groups is 1. The van der Waals surface area contributed by atoms with E-state index in [1.807, 2.05) is 30.3 Å². The topological polar surface area (TPSA) is 101 Å². The Morgan fingerprint density at radius 3 is 2.06 bits per heavy atom. The lowest BCUT2D eigenvalue weighted by Crippen LogP contribution is -2.29. The number of hydrogen-bond donors (Lipinski definition) is 0. The second-order valence-corrected chi connectivity index (χ2v) is 8.74. The summed E-state index contributed by atoms with van der Waals surface area (Å²) in [6.45, 7) is 0.301. The van der Waals surface area contributed by atoms with Crippen LogP contribution in [0.25, 0.3) is 5.57 Å². The molecular weight excluding hydrogens is 454 g/mol. The van der Waals surface area contributed by atoms with Crippen molar-refractivity contribution in [2.45, 2.75) is 13.1 Å². The number of nitro benzene ring substituents is 1. The standard InChI is InChI=1S/C25H17N3O5S/c29-23-21(22-24(30)27(25(31)34-22)15-16-6-2-1-3-7-16)19-8-4-5-9-20(19)26(23)14-17-10-12-18(13-11-17)28(32)33/h1-13H,14-15H2. The fourth-order valence-electron chi connectivity index (χ4n) is 4.01. The lowest BCUT2D eigenvalue weighted by atomic mass is 10.1. The Morgan fingerprint density at radius 2 is 1.35 bits per heavy atom. The largest absolute Gasteiger partial charge is 0.303 e. The number of amides is 3. The van der Waals surface area contributed by atoms with E-state index in [1.54, 1.807) is 36.4 Å². The minimum absolute atomic E-state index is 0.0373. The van der Waals surface area contributed by atoms with Crippen molar-refractivity contribution >= 4 is 45.8 Å². The van der Waals surface area contributed by atoms with Crippen LogP contribution >= 0.6 is 11.8 Å². The van der Waals surface area contributed by atoms with Crippen LogP contribution in [0.5, 0.6) is 0 Å². The highest BCUT2D eigenvalue weighted by Crippen LogP contribution is 2.45. The summed E-state index contributed by atoms with van der Waals surface area (Å²) in [6.07, 6.45) is 0. The van der Waals surface area contributed by atoms with E-state index in [0.29, 0.717) is 16.8 Å². The Bertz CT molecular complexity index is 1370. The summed E-state index contributed by atoms with van der Waals surface area (Å²) in [5.74, 6) is -0.876. The Labute approximate surface area is 198 Å². The van der Waals surface area contributed by atoms with Crippen LogP contribution in [-0.4, -0.2) is 26.9 Å². The molecule has 1 saturated heterocycles. The van der Waals surface area contributed by atoms with E-state index < -0.39 is 16.1 Å². The summed E-state index contributed by atoms with van der Waals surface area (Å²) < 4.78 is 0. The second kappa shape index (κ2) is 8.60. The van der Waals surface area contributed by atoms with E-state index in [-0.39, 0.29) is 35.2 Å². The Hall–Kier alpha value is -4.24. The normalized spacial score (nSPS) is 17.5. The first-order valence-electron chi connectivity index (χ1n) is 10.4. The van der Waals surface area contributed by atoms with Crippen molar-refractivity contribution in [3.05, 3.63) is 111 Å². The van der Waals surface area contributed by atoms with Gasteiger partial charge >= 0.3 is 0 Å². The van der Waals surface area contributed by atoms with E-state index in [2.05, 4.69) is 0 Å². The highest BCUT2D eigenvalue weighted by molar-refractivity contribution is 8.18. The van der Waals surface area contributed by atoms with Gasteiger partial charge in [0.1, 0.15) is 0 Å². The zero-order valence-corrected chi connectivity index (χ0v) is 18.5. The lowest BCUT2D eigenvalue weighted by molar-refractivity contribution is -0.384. The number of anilines is 1. The number of carbonyl (C=O) groups excluding carboxylic acids is 3. The van der Waals surface area contributed by atoms with Crippen LogP contribution in [0, 0.1) is 10.1 Å². The number of para-hydroxylation sites is 1. The van der Waals surface area contributed by atoms with E-state index >= 15 is 0 Å². The van der Waals surface area contributed by atoms with Crippen molar-refractivity contribution in [3.63, 3.8) is 0 Å². The molecule has 0 unspecified atom stereocenters. The van der Waals surface area contributed by atoms with Gasteiger partial charge in [0.15, 0.2) is 0 Å². The second-order valence-electron chi connectivity index (χ2n) is 7.78. The predicted octanol–water partition coefficient (Wildman–Crippen LogP) is 4.75. The maximum Gasteiger partial charge on any atom is 0.293 e. The highest BCUT2D eigenvalue weighted by Gasteiger charge is 2.43. The molecule has 0 bridgehead atoms. The Kier molecular flexibility index (Phi) is 5.46. The summed E-state index contributed by atoms with van der Waals surface area (Å²) in [4.78, 5) is 52.7. The van der Waals surface area contributed by atoms with Crippen molar-refractivity contribution in [1.82, 2.24) is 4.90 Å². The average Bonchev–Trinajstić information content (AvgIpc) is 3.27. The summed E-state index contributed by atoms with van der Waals surface area (Å²) in [7, 11) is 0. The fraction of sp³-hybridized carbons (Fsp3) is 0.0800. The molecule has 0 N–H and O–H groups in total. The number of benzene rings is 3. The van der Waals surface area contributed by atoms with Crippen molar-refractivity contribution < 1.29 is 19.3 Å². The zero-order chi connectivity index (χ0) is 23.8. The van der Waals surface area contributed by atoms with Crippen LogP contribution < -0.4 is 4.90 Å². The number of fused-ring (bicyclic) bond motifs is 1. The molecule has 34 heavy (non-hydrogen) atoms. The maximum atomic E-state index is 13.5. The average molecular weight is 471 g/mol. The van der Waals surface area contributed by atoms with Crippen LogP contribution in [0.3, 0.4) is 0 Å². The highest BCUT2D eigenvalue weighted by atomic mass is 32.2. The van der Waals surface area contributed by atoms with E-state index in [9.17, 15) is 24.5 Å². The van der Waals surface area contributed by atoms with Gasteiger partial charge in [0, 0.05) is 17.7 Å². The molecule has 0 atom stereocenters. The summed E-state index contributed by atoms with van der Waals surface area (Å²) >= 11 is 0.774. The molecule has 0 radical (unpaired) electrons. The molecule has 2 aliphatic rings. The molecule has 5 rings (SSSR count). The van der Waals surface area contributed by atoms with Crippen LogP contribution in [0.15, 0.2) is 83.8 Å². The van der Waals surface area contributed by atoms with Crippen molar-refractivity contribution in [3.8, 4) is 0 Å². The molecule has 8 nitrogen and oxygen atoms in total. The summed E-state index contributed by atoms with van der Waals surface area (Å²) in [5.41, 5.74) is 2.89. The van der Waals surface area contributed by atoms with Crippen molar-refractivity contribution in [1.29, 1.82) is 0 Å². The van der Waals surface area contributed by atoms with Crippen molar-refractivity contribution in [2.75, 3.05) is 4.90 Å². The third-order valence-electron chi connectivity index (χ3n) is 5.67. The molecule has 0 saturated carbocycles. The number of thioether (sulfide) groups is 1. The number of carbonyl (C=O) groups is 3. The number of nitrogens with zero attached hydrogens (tertiary/aromatic N) is 3. The third-order valence-corrected chi connectivity index (χ3v) is 6.65. The molecule has 0 spiro atoms. The molecule has 9 heteroatoms. The minimum Gasteiger partial charge on any atom is -0.303 e. The van der Waals surface area contributed by atoms with E-state index in [1.165, 1.54) is 17.0 Å². The first-order valence-corrected chi connectivity index (χ1v) is 11.2. The molecular formula is C25H17N3O5S. The van der Waals surface area contributed by atoms with Gasteiger partial charge < -0.3 is 4.90 Å². The van der Waals surface area contributed by atoms with Crippen LogP contribution in [0.1, 0.15) is 16.7 Å². The predicted molar refractivity (Wildman–Crippen MR) is 128 cm³/mol. The molecule has 3 aromatic carbocycles. The minimum atomic E-state index is -0.491. The van der Waals surface area contributed by atoms with Gasteiger partial charge in [0.2, 0.25) is 0 Å². The van der Waals surface area contributed by atoms with Gasteiger partial charge in [-0.2, -0.15) is 0 Å². The van der Waals surface area contributed by atoms with E-state index in [4.69, 9.17) is 0 Å². The molecule has 3 amide bonds. The fourth-order valence-corrected chi connectivity index (χ4v) is 4.94. The molecule has 2 aliphatic heterocycles. The smallest absolute Gasteiger partial charge is 0.293 e. The molecule has 0 aliphatic carbocycles. The quantitative estimate of drug-likeness (QED) is 0.302. The summed E-state index contributed by atoms with van der Waals surface area (Å²) in [6, 6.07) is 22.2. The SMILES string of the molecule is O=C1SC(=C2C(=O)N(Cc3ccc([N+](=O)[O-])cc3)c3ccccc32)C(=O)N1Cc1ccccc1. The van der Waals surface area contributed by atoms with Crippen LogP contribution in [0.4, 0.5) is 16.2 Å². The summed E-state index contributed by atoms with van der Waals surface area (Å²) in [5, 5.41) is 10.5. The molecule has 0 aromatic heterocycles. The number of non-ortho nitro benzene ring substituents is 1. The molecule has 2 heterocycles. The number of rotatable bonds is 5. The monoisotopic (exact) mass is 471 g/mol.